The molecule has 2 aromatic rings. The molecule has 0 aromatic heterocycles. The lowest BCUT2D eigenvalue weighted by Gasteiger charge is -2.11. The van der Waals surface area contributed by atoms with E-state index in [1.165, 1.54) is 7.11 Å². The molecule has 2 N–H and O–H groups in total. The zero-order valence-electron chi connectivity index (χ0n) is 15.7. The second-order valence-electron chi connectivity index (χ2n) is 5.94. The van der Waals surface area contributed by atoms with Crippen LogP contribution in [0.15, 0.2) is 42.5 Å². The highest BCUT2D eigenvalue weighted by atomic mass is 16.6. The van der Waals surface area contributed by atoms with Gasteiger partial charge in [-0.15, -0.1) is 0 Å². The molecule has 0 aliphatic heterocycles. The Hall–Kier alpha value is -3.06. The Labute approximate surface area is 158 Å². The first-order valence-corrected chi connectivity index (χ1v) is 8.50. The summed E-state index contributed by atoms with van der Waals surface area (Å²) in [5.41, 5.74) is 3.15. The quantitative estimate of drug-likeness (QED) is 0.693. The van der Waals surface area contributed by atoms with E-state index in [0.717, 1.165) is 11.1 Å². The molecule has 144 valence electrons. The van der Waals surface area contributed by atoms with Crippen LogP contribution in [-0.4, -0.2) is 38.9 Å². The van der Waals surface area contributed by atoms with Crippen molar-refractivity contribution in [2.24, 2.45) is 0 Å². The van der Waals surface area contributed by atoms with Crippen LogP contribution in [-0.2, 0) is 14.3 Å². The van der Waals surface area contributed by atoms with Crippen LogP contribution < -0.4 is 15.4 Å². The van der Waals surface area contributed by atoms with Gasteiger partial charge in [-0.2, -0.15) is 0 Å². The summed E-state index contributed by atoms with van der Waals surface area (Å²) in [5, 5.41) is 5.32. The van der Waals surface area contributed by atoms with E-state index >= 15 is 0 Å². The molecule has 0 radical (unpaired) electrons. The van der Waals surface area contributed by atoms with Gasteiger partial charge in [0.2, 0.25) is 0 Å². The van der Waals surface area contributed by atoms with Gasteiger partial charge in [0.05, 0.1) is 6.61 Å². The molecule has 2 aromatic carbocycles. The van der Waals surface area contributed by atoms with Crippen molar-refractivity contribution in [2.75, 3.05) is 37.6 Å². The standard InChI is InChI=1S/C20H24N2O5/c1-14-7-8-18(15(2)11-14)27-13-19(23)21-16-5-4-6-17(12-16)22-20(24)26-10-9-25-3/h4-8,11-12H,9-10,13H2,1-3H3,(H,21,23)(H,22,24). The molecular formula is C20H24N2O5. The molecule has 0 saturated heterocycles. The second-order valence-corrected chi connectivity index (χ2v) is 5.94. The van der Waals surface area contributed by atoms with Crippen molar-refractivity contribution in [3.63, 3.8) is 0 Å². The van der Waals surface area contributed by atoms with Crippen LogP contribution in [0.5, 0.6) is 5.75 Å². The first-order valence-electron chi connectivity index (χ1n) is 8.50. The first kappa shape index (κ1) is 20.3. The lowest BCUT2D eigenvalue weighted by atomic mass is 10.1. The minimum Gasteiger partial charge on any atom is -0.483 e. The Balaban J connectivity index is 1.85. The summed E-state index contributed by atoms with van der Waals surface area (Å²) in [6.45, 7) is 4.30. The average Bonchev–Trinajstić information content (AvgIpc) is 2.61. The van der Waals surface area contributed by atoms with E-state index in [4.69, 9.17) is 14.2 Å². The number of carbonyl (C=O) groups excluding carboxylic acids is 2. The number of ether oxygens (including phenoxy) is 3. The van der Waals surface area contributed by atoms with Crippen LogP contribution in [0.25, 0.3) is 0 Å². The molecule has 0 aliphatic rings. The maximum atomic E-state index is 12.1. The van der Waals surface area contributed by atoms with Crippen molar-refractivity contribution in [2.45, 2.75) is 13.8 Å². The normalized spacial score (nSPS) is 10.2. The van der Waals surface area contributed by atoms with Gasteiger partial charge in [-0.05, 0) is 43.7 Å². The van der Waals surface area contributed by atoms with Gasteiger partial charge in [0.15, 0.2) is 6.61 Å². The summed E-state index contributed by atoms with van der Waals surface area (Å²) < 4.78 is 15.3. The van der Waals surface area contributed by atoms with Crippen LogP contribution in [0, 0.1) is 13.8 Å². The average molecular weight is 372 g/mol. The number of anilines is 2. The Bertz CT molecular complexity index is 792. The summed E-state index contributed by atoms with van der Waals surface area (Å²) in [6.07, 6.45) is -0.589. The Kier molecular flexibility index (Phi) is 7.63. The van der Waals surface area contributed by atoms with Gasteiger partial charge >= 0.3 is 6.09 Å². The molecule has 2 rings (SSSR count). The fraction of sp³-hybridized carbons (Fsp3) is 0.300. The molecule has 27 heavy (non-hydrogen) atoms. The van der Waals surface area contributed by atoms with Crippen molar-refractivity contribution in [3.05, 3.63) is 53.6 Å². The van der Waals surface area contributed by atoms with Gasteiger partial charge in [0.25, 0.3) is 5.91 Å². The molecular weight excluding hydrogens is 348 g/mol. The maximum Gasteiger partial charge on any atom is 0.411 e. The lowest BCUT2D eigenvalue weighted by Crippen LogP contribution is -2.20. The zero-order chi connectivity index (χ0) is 19.6. The Morgan fingerprint density at radius 3 is 2.41 bits per heavy atom. The highest BCUT2D eigenvalue weighted by Gasteiger charge is 2.08. The van der Waals surface area contributed by atoms with E-state index in [1.807, 2.05) is 32.0 Å². The molecule has 0 spiro atoms. The molecule has 0 heterocycles. The zero-order valence-corrected chi connectivity index (χ0v) is 15.7. The van der Waals surface area contributed by atoms with Crippen molar-refractivity contribution < 1.29 is 23.8 Å². The number of nitrogens with one attached hydrogen (secondary N) is 2. The number of methoxy groups -OCH3 is 1. The third kappa shape index (κ3) is 6.99. The number of benzene rings is 2. The molecule has 2 amide bonds. The maximum absolute atomic E-state index is 12.1. The number of rotatable bonds is 8. The second kappa shape index (κ2) is 10.2. The minimum absolute atomic E-state index is 0.110. The fourth-order valence-corrected chi connectivity index (χ4v) is 2.35. The van der Waals surface area contributed by atoms with E-state index in [1.54, 1.807) is 24.3 Å². The molecule has 0 unspecified atom stereocenters. The van der Waals surface area contributed by atoms with E-state index in [0.29, 0.717) is 23.7 Å². The third-order valence-corrected chi connectivity index (χ3v) is 3.60. The summed E-state index contributed by atoms with van der Waals surface area (Å²) in [4.78, 5) is 23.7. The molecule has 0 bridgehead atoms. The molecule has 0 saturated carbocycles. The van der Waals surface area contributed by atoms with E-state index < -0.39 is 6.09 Å². The number of amides is 2. The van der Waals surface area contributed by atoms with Crippen molar-refractivity contribution in [3.8, 4) is 5.75 Å². The molecule has 7 nitrogen and oxygen atoms in total. The number of hydrogen-bond acceptors (Lipinski definition) is 5. The third-order valence-electron chi connectivity index (χ3n) is 3.60. The fourth-order valence-electron chi connectivity index (χ4n) is 2.35. The number of carbonyl (C=O) groups is 2. The van der Waals surface area contributed by atoms with Crippen LogP contribution in [0.2, 0.25) is 0 Å². The van der Waals surface area contributed by atoms with Gasteiger partial charge in [-0.1, -0.05) is 23.8 Å². The molecule has 0 aliphatic carbocycles. The topological polar surface area (TPSA) is 85.9 Å². The molecule has 0 fully saturated rings. The monoisotopic (exact) mass is 372 g/mol. The predicted octanol–water partition coefficient (Wildman–Crippen LogP) is 3.52. The van der Waals surface area contributed by atoms with Crippen molar-refractivity contribution in [1.82, 2.24) is 0 Å². The van der Waals surface area contributed by atoms with Crippen LogP contribution >= 0.6 is 0 Å². The van der Waals surface area contributed by atoms with Crippen molar-refractivity contribution >= 4 is 23.4 Å². The molecule has 0 atom stereocenters. The highest BCUT2D eigenvalue weighted by Crippen LogP contribution is 2.19. The summed E-state index contributed by atoms with van der Waals surface area (Å²) in [6, 6.07) is 12.5. The number of hydrogen-bond donors (Lipinski definition) is 2. The smallest absolute Gasteiger partial charge is 0.411 e. The van der Waals surface area contributed by atoms with Gasteiger partial charge in [0.1, 0.15) is 12.4 Å². The van der Waals surface area contributed by atoms with Crippen LogP contribution in [0.1, 0.15) is 11.1 Å². The van der Waals surface area contributed by atoms with Crippen molar-refractivity contribution in [1.29, 1.82) is 0 Å². The van der Waals surface area contributed by atoms with Gasteiger partial charge in [0, 0.05) is 18.5 Å². The van der Waals surface area contributed by atoms with E-state index in [-0.39, 0.29) is 19.1 Å². The van der Waals surface area contributed by atoms with Crippen LogP contribution in [0.3, 0.4) is 0 Å². The first-order chi connectivity index (χ1) is 13.0. The van der Waals surface area contributed by atoms with E-state index in [9.17, 15) is 9.59 Å². The largest absolute Gasteiger partial charge is 0.483 e. The summed E-state index contributed by atoms with van der Waals surface area (Å²) in [7, 11) is 1.53. The molecule has 7 heteroatoms. The number of aryl methyl sites for hydroxylation is 2. The summed E-state index contributed by atoms with van der Waals surface area (Å²) in [5.74, 6) is 0.375. The lowest BCUT2D eigenvalue weighted by molar-refractivity contribution is -0.118. The van der Waals surface area contributed by atoms with E-state index in [2.05, 4.69) is 10.6 Å². The Morgan fingerprint density at radius 1 is 0.963 bits per heavy atom. The minimum atomic E-state index is -0.589. The van der Waals surface area contributed by atoms with Gasteiger partial charge in [-0.25, -0.2) is 4.79 Å². The highest BCUT2D eigenvalue weighted by molar-refractivity contribution is 5.93. The van der Waals surface area contributed by atoms with Crippen LogP contribution in [0.4, 0.5) is 16.2 Å². The van der Waals surface area contributed by atoms with Gasteiger partial charge in [-0.3, -0.25) is 10.1 Å². The SMILES string of the molecule is COCCOC(=O)Nc1cccc(NC(=O)COc2ccc(C)cc2C)c1. The predicted molar refractivity (Wildman–Crippen MR) is 103 cm³/mol. The Morgan fingerprint density at radius 2 is 1.70 bits per heavy atom. The summed E-state index contributed by atoms with van der Waals surface area (Å²) >= 11 is 0. The van der Waals surface area contributed by atoms with Gasteiger partial charge < -0.3 is 19.5 Å².